The molecular weight excluding hydrogens is 308 g/mol. The molecule has 0 radical (unpaired) electrons. The van der Waals surface area contributed by atoms with Gasteiger partial charge >= 0.3 is 0 Å². The van der Waals surface area contributed by atoms with E-state index in [1.165, 1.54) is 17.3 Å². The van der Waals surface area contributed by atoms with Gasteiger partial charge in [-0.1, -0.05) is 55.9 Å². The van der Waals surface area contributed by atoms with E-state index < -0.39 is 0 Å². The number of carbonyl (C=O) groups excluding carboxylic acids is 1. The van der Waals surface area contributed by atoms with E-state index in [2.05, 4.69) is 41.5 Å². The molecular formula is C17H24N4OS. The number of hydrogen-bond acceptors (Lipinski definition) is 4. The molecule has 124 valence electrons. The lowest BCUT2D eigenvalue weighted by molar-refractivity contribution is -0.120. The number of benzene rings is 1. The van der Waals surface area contributed by atoms with Gasteiger partial charge in [-0.05, 0) is 25.3 Å². The molecule has 0 aliphatic rings. The van der Waals surface area contributed by atoms with Crippen molar-refractivity contribution in [3.05, 3.63) is 41.7 Å². The lowest BCUT2D eigenvalue weighted by atomic mass is 10.2. The van der Waals surface area contributed by atoms with E-state index in [1.807, 2.05) is 36.6 Å². The van der Waals surface area contributed by atoms with Gasteiger partial charge in [0.15, 0.2) is 5.16 Å². The fraction of sp³-hybridized carbons (Fsp3) is 0.471. The fourth-order valence-corrected chi connectivity index (χ4v) is 2.98. The minimum Gasteiger partial charge on any atom is -0.355 e. The fourth-order valence-electron chi connectivity index (χ4n) is 2.06. The Bertz CT molecular complexity index is 639. The molecule has 2 aromatic rings. The quantitative estimate of drug-likeness (QED) is 0.792. The SMILES string of the molecule is Cc1nnc(SC(C)C(=O)NCC(C)C)n1Cc1ccccc1. The smallest absolute Gasteiger partial charge is 0.233 e. The molecule has 1 atom stereocenters. The molecule has 2 rings (SSSR count). The number of amides is 1. The summed E-state index contributed by atoms with van der Waals surface area (Å²) in [5.74, 6) is 1.34. The van der Waals surface area contributed by atoms with Gasteiger partial charge in [0.25, 0.3) is 0 Å². The Balaban J connectivity index is 2.04. The molecule has 0 aliphatic carbocycles. The molecule has 0 bridgehead atoms. The molecule has 0 aliphatic heterocycles. The average molecular weight is 332 g/mol. The standard InChI is InChI=1S/C17H24N4OS/c1-12(2)10-18-16(22)13(3)23-17-20-19-14(4)21(17)11-15-8-6-5-7-9-15/h5-9,12-13H,10-11H2,1-4H3,(H,18,22). The zero-order valence-electron chi connectivity index (χ0n) is 14.1. The molecule has 0 spiro atoms. The van der Waals surface area contributed by atoms with E-state index >= 15 is 0 Å². The van der Waals surface area contributed by atoms with Crippen LogP contribution in [0.25, 0.3) is 0 Å². The predicted octanol–water partition coefficient (Wildman–Crippen LogP) is 2.89. The summed E-state index contributed by atoms with van der Waals surface area (Å²) < 4.78 is 2.05. The predicted molar refractivity (Wildman–Crippen MR) is 93.5 cm³/mol. The summed E-state index contributed by atoms with van der Waals surface area (Å²) >= 11 is 1.45. The highest BCUT2D eigenvalue weighted by atomic mass is 32.2. The first-order valence-corrected chi connectivity index (χ1v) is 8.73. The molecule has 0 fully saturated rings. The number of rotatable bonds is 7. The molecule has 0 saturated heterocycles. The van der Waals surface area contributed by atoms with Gasteiger partial charge in [-0.2, -0.15) is 0 Å². The summed E-state index contributed by atoms with van der Waals surface area (Å²) in [5.41, 5.74) is 1.19. The number of thioether (sulfide) groups is 1. The third kappa shape index (κ3) is 5.10. The summed E-state index contributed by atoms with van der Waals surface area (Å²) in [5, 5.41) is 11.9. The van der Waals surface area contributed by atoms with Crippen LogP contribution in [0.15, 0.2) is 35.5 Å². The number of aromatic nitrogens is 3. The third-order valence-corrected chi connectivity index (χ3v) is 4.50. The summed E-state index contributed by atoms with van der Waals surface area (Å²) in [6.07, 6.45) is 0. The van der Waals surface area contributed by atoms with Gasteiger partial charge in [0, 0.05) is 6.54 Å². The Hall–Kier alpha value is -1.82. The van der Waals surface area contributed by atoms with Gasteiger partial charge in [-0.15, -0.1) is 10.2 Å². The van der Waals surface area contributed by atoms with E-state index in [0.717, 1.165) is 11.0 Å². The first-order chi connectivity index (χ1) is 11.0. The number of carbonyl (C=O) groups is 1. The number of aryl methyl sites for hydroxylation is 1. The van der Waals surface area contributed by atoms with Gasteiger partial charge in [-0.25, -0.2) is 0 Å². The second-order valence-corrected chi connectivity index (χ2v) is 7.31. The second-order valence-electron chi connectivity index (χ2n) is 6.00. The van der Waals surface area contributed by atoms with Crippen LogP contribution in [0.4, 0.5) is 0 Å². The molecule has 1 unspecified atom stereocenters. The minimum absolute atomic E-state index is 0.0376. The van der Waals surface area contributed by atoms with E-state index in [9.17, 15) is 4.79 Å². The Morgan fingerprint density at radius 3 is 2.57 bits per heavy atom. The molecule has 0 saturated carbocycles. The maximum Gasteiger partial charge on any atom is 0.233 e. The second kappa shape index (κ2) is 8.15. The van der Waals surface area contributed by atoms with Crippen molar-refractivity contribution < 1.29 is 4.79 Å². The van der Waals surface area contributed by atoms with Crippen LogP contribution >= 0.6 is 11.8 Å². The monoisotopic (exact) mass is 332 g/mol. The first kappa shape index (κ1) is 17.5. The van der Waals surface area contributed by atoms with Crippen LogP contribution in [0.1, 0.15) is 32.2 Å². The van der Waals surface area contributed by atoms with Crippen LogP contribution in [-0.4, -0.2) is 32.5 Å². The molecule has 1 amide bonds. The van der Waals surface area contributed by atoms with Crippen molar-refractivity contribution in [2.45, 2.75) is 44.6 Å². The Kier molecular flexibility index (Phi) is 6.21. The van der Waals surface area contributed by atoms with Crippen LogP contribution < -0.4 is 5.32 Å². The van der Waals surface area contributed by atoms with Crippen LogP contribution in [0.2, 0.25) is 0 Å². The van der Waals surface area contributed by atoms with Gasteiger partial charge in [0.1, 0.15) is 5.82 Å². The van der Waals surface area contributed by atoms with Crippen LogP contribution in [-0.2, 0) is 11.3 Å². The zero-order chi connectivity index (χ0) is 16.8. The molecule has 1 heterocycles. The third-order valence-electron chi connectivity index (χ3n) is 3.42. The van der Waals surface area contributed by atoms with Crippen molar-refractivity contribution in [3.8, 4) is 0 Å². The molecule has 5 nitrogen and oxygen atoms in total. The van der Waals surface area contributed by atoms with E-state index in [1.54, 1.807) is 0 Å². The number of hydrogen-bond donors (Lipinski definition) is 1. The lowest BCUT2D eigenvalue weighted by Gasteiger charge is -2.14. The first-order valence-electron chi connectivity index (χ1n) is 7.85. The lowest BCUT2D eigenvalue weighted by Crippen LogP contribution is -2.33. The van der Waals surface area contributed by atoms with Crippen molar-refractivity contribution >= 4 is 17.7 Å². The number of nitrogens with one attached hydrogen (secondary N) is 1. The van der Waals surface area contributed by atoms with Gasteiger partial charge in [-0.3, -0.25) is 4.79 Å². The van der Waals surface area contributed by atoms with Crippen molar-refractivity contribution in [2.75, 3.05) is 6.54 Å². The van der Waals surface area contributed by atoms with Crippen molar-refractivity contribution in [2.24, 2.45) is 5.92 Å². The zero-order valence-corrected chi connectivity index (χ0v) is 14.9. The largest absolute Gasteiger partial charge is 0.355 e. The summed E-state index contributed by atoms with van der Waals surface area (Å²) in [6.45, 7) is 9.40. The highest BCUT2D eigenvalue weighted by Gasteiger charge is 2.19. The molecule has 1 N–H and O–H groups in total. The van der Waals surface area contributed by atoms with Crippen molar-refractivity contribution in [3.63, 3.8) is 0 Å². The molecule has 6 heteroatoms. The summed E-state index contributed by atoms with van der Waals surface area (Å²) in [6, 6.07) is 10.2. The maximum absolute atomic E-state index is 12.1. The van der Waals surface area contributed by atoms with Crippen molar-refractivity contribution in [1.29, 1.82) is 0 Å². The Labute approximate surface area is 141 Å². The van der Waals surface area contributed by atoms with E-state index in [0.29, 0.717) is 19.0 Å². The highest BCUT2D eigenvalue weighted by Crippen LogP contribution is 2.23. The average Bonchev–Trinajstić information content (AvgIpc) is 2.86. The summed E-state index contributed by atoms with van der Waals surface area (Å²) in [7, 11) is 0. The molecule has 1 aromatic heterocycles. The van der Waals surface area contributed by atoms with Gasteiger partial charge < -0.3 is 9.88 Å². The van der Waals surface area contributed by atoms with Crippen LogP contribution in [0.3, 0.4) is 0 Å². The van der Waals surface area contributed by atoms with Crippen molar-refractivity contribution in [1.82, 2.24) is 20.1 Å². The maximum atomic E-state index is 12.1. The highest BCUT2D eigenvalue weighted by molar-refractivity contribution is 8.00. The minimum atomic E-state index is -0.202. The van der Waals surface area contributed by atoms with Crippen LogP contribution in [0.5, 0.6) is 0 Å². The Morgan fingerprint density at radius 2 is 1.91 bits per heavy atom. The van der Waals surface area contributed by atoms with Gasteiger partial charge in [0.05, 0.1) is 11.8 Å². The van der Waals surface area contributed by atoms with Gasteiger partial charge in [0.2, 0.25) is 5.91 Å². The molecule has 1 aromatic carbocycles. The topological polar surface area (TPSA) is 59.8 Å². The Morgan fingerprint density at radius 1 is 1.22 bits per heavy atom. The van der Waals surface area contributed by atoms with E-state index in [-0.39, 0.29) is 11.2 Å². The van der Waals surface area contributed by atoms with Crippen LogP contribution in [0, 0.1) is 12.8 Å². The summed E-state index contributed by atoms with van der Waals surface area (Å²) in [4.78, 5) is 12.1. The normalized spacial score (nSPS) is 12.4. The molecule has 23 heavy (non-hydrogen) atoms. The number of nitrogens with zero attached hydrogens (tertiary/aromatic N) is 3. The van der Waals surface area contributed by atoms with E-state index in [4.69, 9.17) is 0 Å².